The molecule has 0 aromatic heterocycles. The van der Waals surface area contributed by atoms with E-state index < -0.39 is 0 Å². The average molecular weight is 212 g/mol. The molecule has 0 amide bonds. The van der Waals surface area contributed by atoms with Gasteiger partial charge in [0.15, 0.2) is 0 Å². The van der Waals surface area contributed by atoms with Gasteiger partial charge in [0.2, 0.25) is 0 Å². The van der Waals surface area contributed by atoms with Crippen LogP contribution in [0.3, 0.4) is 0 Å². The van der Waals surface area contributed by atoms with E-state index >= 15 is 0 Å². The van der Waals surface area contributed by atoms with Crippen molar-refractivity contribution in [2.24, 2.45) is 0 Å². The minimum atomic E-state index is -0.0330. The average Bonchev–Trinajstić information content (AvgIpc) is 2.58. The number of esters is 1. The molecule has 0 spiro atoms. The molecule has 1 fully saturated rings. The standard InChI is InChI=1S/C12H20O2.CH4/c1-2-3-4-5-6-7-8-11-9-10-12(13)14-11;/h6-7,11H,2-5,8-10H2,1H3;1H4/b7-6-;. The Hall–Kier alpha value is -0.790. The fraction of sp³-hybridized carbons (Fsp3) is 0.769. The molecule has 0 N–H and O–H groups in total. The van der Waals surface area contributed by atoms with E-state index in [2.05, 4.69) is 19.1 Å². The quantitative estimate of drug-likeness (QED) is 0.380. The van der Waals surface area contributed by atoms with Gasteiger partial charge in [0.25, 0.3) is 0 Å². The maximum atomic E-state index is 10.8. The number of hydrogen-bond donors (Lipinski definition) is 0. The van der Waals surface area contributed by atoms with Gasteiger partial charge in [-0.05, 0) is 19.3 Å². The smallest absolute Gasteiger partial charge is 0.306 e. The number of unbranched alkanes of at least 4 members (excludes halogenated alkanes) is 3. The number of hydrogen-bond acceptors (Lipinski definition) is 2. The van der Waals surface area contributed by atoms with Crippen LogP contribution in [0.5, 0.6) is 0 Å². The van der Waals surface area contributed by atoms with Crippen LogP contribution in [-0.2, 0) is 9.53 Å². The molecule has 1 aliphatic rings. The Labute approximate surface area is 93.7 Å². The van der Waals surface area contributed by atoms with E-state index in [9.17, 15) is 4.79 Å². The summed E-state index contributed by atoms with van der Waals surface area (Å²) in [5, 5.41) is 0. The van der Waals surface area contributed by atoms with Gasteiger partial charge in [-0.25, -0.2) is 0 Å². The Morgan fingerprint density at radius 2 is 2.20 bits per heavy atom. The van der Waals surface area contributed by atoms with E-state index in [4.69, 9.17) is 4.74 Å². The predicted octanol–water partition coefficient (Wildman–Crippen LogP) is 3.85. The first-order chi connectivity index (χ1) is 6.83. The molecule has 1 saturated heterocycles. The summed E-state index contributed by atoms with van der Waals surface area (Å²) in [7, 11) is 0. The van der Waals surface area contributed by atoms with E-state index in [0.717, 1.165) is 19.3 Å². The summed E-state index contributed by atoms with van der Waals surface area (Å²) < 4.78 is 5.10. The zero-order valence-corrected chi connectivity index (χ0v) is 9.00. The number of carbonyl (C=O) groups excluding carboxylic acids is 1. The van der Waals surface area contributed by atoms with Crippen LogP contribution in [0.1, 0.15) is 59.3 Å². The number of cyclic esters (lactones) is 1. The Morgan fingerprint density at radius 1 is 1.40 bits per heavy atom. The van der Waals surface area contributed by atoms with Crippen LogP contribution in [0.25, 0.3) is 0 Å². The van der Waals surface area contributed by atoms with Crippen molar-refractivity contribution in [1.29, 1.82) is 0 Å². The van der Waals surface area contributed by atoms with E-state index in [0.29, 0.717) is 6.42 Å². The molecule has 2 heteroatoms. The molecule has 1 rings (SSSR count). The highest BCUT2D eigenvalue weighted by Crippen LogP contribution is 2.17. The fourth-order valence-corrected chi connectivity index (χ4v) is 1.63. The summed E-state index contributed by atoms with van der Waals surface area (Å²) in [5.41, 5.74) is 0. The van der Waals surface area contributed by atoms with Crippen LogP contribution < -0.4 is 0 Å². The molecular weight excluding hydrogens is 188 g/mol. The molecule has 0 aromatic rings. The van der Waals surface area contributed by atoms with E-state index in [-0.39, 0.29) is 19.5 Å². The van der Waals surface area contributed by atoms with Crippen LogP contribution in [0.4, 0.5) is 0 Å². The van der Waals surface area contributed by atoms with Gasteiger partial charge in [0, 0.05) is 12.8 Å². The van der Waals surface area contributed by atoms with Crippen molar-refractivity contribution in [2.45, 2.75) is 65.4 Å². The summed E-state index contributed by atoms with van der Waals surface area (Å²) in [6.07, 6.45) is 11.9. The van der Waals surface area contributed by atoms with Crippen molar-refractivity contribution >= 4 is 5.97 Å². The molecule has 0 radical (unpaired) electrons. The largest absolute Gasteiger partial charge is 0.462 e. The fourth-order valence-electron chi connectivity index (χ4n) is 1.63. The van der Waals surface area contributed by atoms with Gasteiger partial charge in [-0.2, -0.15) is 0 Å². The third-order valence-electron chi connectivity index (χ3n) is 2.51. The number of allylic oxidation sites excluding steroid dienone is 1. The lowest BCUT2D eigenvalue weighted by Crippen LogP contribution is -2.04. The Kier molecular flexibility index (Phi) is 8.06. The van der Waals surface area contributed by atoms with Gasteiger partial charge in [-0.1, -0.05) is 39.3 Å². The molecule has 0 aromatic carbocycles. The molecule has 0 aliphatic carbocycles. The molecule has 1 unspecified atom stereocenters. The zero-order valence-electron chi connectivity index (χ0n) is 9.00. The van der Waals surface area contributed by atoms with E-state index in [1.54, 1.807) is 0 Å². The summed E-state index contributed by atoms with van der Waals surface area (Å²) in [6, 6.07) is 0. The normalized spacial score (nSPS) is 20.3. The third kappa shape index (κ3) is 6.32. The SMILES string of the molecule is C.CCCCC/C=C\CC1CCC(=O)O1. The lowest BCUT2D eigenvalue weighted by molar-refractivity contribution is -0.141. The van der Waals surface area contributed by atoms with Crippen molar-refractivity contribution < 1.29 is 9.53 Å². The Morgan fingerprint density at radius 3 is 2.80 bits per heavy atom. The first kappa shape index (κ1) is 14.2. The molecule has 1 atom stereocenters. The molecular formula is C13H24O2. The highest BCUT2D eigenvalue weighted by atomic mass is 16.5. The van der Waals surface area contributed by atoms with E-state index in [1.165, 1.54) is 19.3 Å². The number of carbonyl (C=O) groups is 1. The molecule has 2 nitrogen and oxygen atoms in total. The van der Waals surface area contributed by atoms with Crippen molar-refractivity contribution in [3.8, 4) is 0 Å². The number of ether oxygens (including phenoxy) is 1. The molecule has 0 saturated carbocycles. The third-order valence-corrected chi connectivity index (χ3v) is 2.51. The van der Waals surface area contributed by atoms with Gasteiger partial charge >= 0.3 is 5.97 Å². The van der Waals surface area contributed by atoms with Gasteiger partial charge in [0.1, 0.15) is 6.10 Å². The second-order valence-electron chi connectivity index (χ2n) is 3.85. The molecule has 0 bridgehead atoms. The van der Waals surface area contributed by atoms with Crippen LogP contribution in [0.2, 0.25) is 0 Å². The second kappa shape index (κ2) is 8.51. The van der Waals surface area contributed by atoms with Crippen LogP contribution in [0.15, 0.2) is 12.2 Å². The van der Waals surface area contributed by atoms with Crippen LogP contribution >= 0.6 is 0 Å². The highest BCUT2D eigenvalue weighted by molar-refractivity contribution is 5.71. The monoisotopic (exact) mass is 212 g/mol. The van der Waals surface area contributed by atoms with Gasteiger partial charge < -0.3 is 4.74 Å². The van der Waals surface area contributed by atoms with Crippen molar-refractivity contribution in [1.82, 2.24) is 0 Å². The summed E-state index contributed by atoms with van der Waals surface area (Å²) >= 11 is 0. The van der Waals surface area contributed by atoms with Gasteiger partial charge in [-0.3, -0.25) is 4.79 Å². The zero-order chi connectivity index (χ0) is 10.2. The summed E-state index contributed by atoms with van der Waals surface area (Å²) in [4.78, 5) is 10.8. The summed E-state index contributed by atoms with van der Waals surface area (Å²) in [6.45, 7) is 2.21. The minimum absolute atomic E-state index is 0. The van der Waals surface area contributed by atoms with Crippen molar-refractivity contribution in [2.75, 3.05) is 0 Å². The summed E-state index contributed by atoms with van der Waals surface area (Å²) in [5.74, 6) is -0.0330. The maximum Gasteiger partial charge on any atom is 0.306 e. The molecule has 1 heterocycles. The second-order valence-corrected chi connectivity index (χ2v) is 3.85. The lowest BCUT2D eigenvalue weighted by Gasteiger charge is -2.04. The molecule has 1 aliphatic heterocycles. The lowest BCUT2D eigenvalue weighted by atomic mass is 10.1. The van der Waals surface area contributed by atoms with Gasteiger partial charge in [0.05, 0.1) is 0 Å². The van der Waals surface area contributed by atoms with Crippen molar-refractivity contribution in [3.63, 3.8) is 0 Å². The highest BCUT2D eigenvalue weighted by Gasteiger charge is 2.21. The van der Waals surface area contributed by atoms with Crippen LogP contribution in [0, 0.1) is 0 Å². The predicted molar refractivity (Wildman–Crippen MR) is 63.7 cm³/mol. The molecule has 15 heavy (non-hydrogen) atoms. The molecule has 88 valence electrons. The van der Waals surface area contributed by atoms with E-state index in [1.807, 2.05) is 0 Å². The maximum absolute atomic E-state index is 10.8. The topological polar surface area (TPSA) is 26.3 Å². The first-order valence-electron chi connectivity index (χ1n) is 5.67. The van der Waals surface area contributed by atoms with Crippen LogP contribution in [-0.4, -0.2) is 12.1 Å². The number of rotatable bonds is 6. The first-order valence-corrected chi connectivity index (χ1v) is 5.67. The van der Waals surface area contributed by atoms with Gasteiger partial charge in [-0.15, -0.1) is 0 Å². The Bertz CT molecular complexity index is 197. The van der Waals surface area contributed by atoms with Crippen molar-refractivity contribution in [3.05, 3.63) is 12.2 Å². The minimum Gasteiger partial charge on any atom is -0.462 e. The Balaban J connectivity index is 0.00000196.